The third-order valence-corrected chi connectivity index (χ3v) is 4.18. The van der Waals surface area contributed by atoms with Crippen molar-refractivity contribution in [1.29, 1.82) is 0 Å². The summed E-state index contributed by atoms with van der Waals surface area (Å²) in [7, 11) is 1.93. The molecule has 4 aromatic rings. The van der Waals surface area contributed by atoms with E-state index in [-0.39, 0.29) is 0 Å². The van der Waals surface area contributed by atoms with E-state index < -0.39 is 6.10 Å². The van der Waals surface area contributed by atoms with Crippen LogP contribution in [0.4, 0.5) is 5.82 Å². The van der Waals surface area contributed by atoms with Crippen molar-refractivity contribution in [3.8, 4) is 11.4 Å². The molecule has 2 aromatic carbocycles. The molecule has 4 rings (SSSR count). The molecule has 1 atom stereocenters. The van der Waals surface area contributed by atoms with E-state index >= 15 is 0 Å². The zero-order valence-corrected chi connectivity index (χ0v) is 14.2. The normalized spacial score (nSPS) is 12.6. The molecule has 0 amide bonds. The van der Waals surface area contributed by atoms with E-state index in [4.69, 9.17) is 5.10 Å². The van der Waals surface area contributed by atoms with Crippen LogP contribution in [0.3, 0.4) is 0 Å². The van der Waals surface area contributed by atoms with Crippen molar-refractivity contribution in [3.63, 3.8) is 0 Å². The molecule has 1 unspecified atom stereocenters. The first-order valence-corrected chi connectivity index (χ1v) is 8.24. The van der Waals surface area contributed by atoms with E-state index in [1.54, 1.807) is 11.4 Å². The molecular weight excluding hydrogens is 314 g/mol. The van der Waals surface area contributed by atoms with Gasteiger partial charge in [0.25, 0.3) is 0 Å². The summed E-state index contributed by atoms with van der Waals surface area (Å²) in [6.07, 6.45) is -0.448. The molecule has 0 aliphatic rings. The van der Waals surface area contributed by atoms with Gasteiger partial charge in [0.05, 0.1) is 6.10 Å². The van der Waals surface area contributed by atoms with Gasteiger partial charge in [-0.1, -0.05) is 54.6 Å². The van der Waals surface area contributed by atoms with Crippen molar-refractivity contribution < 1.29 is 5.11 Å². The van der Waals surface area contributed by atoms with Crippen LogP contribution in [-0.2, 0) is 0 Å². The lowest BCUT2D eigenvalue weighted by Crippen LogP contribution is -2.28. The van der Waals surface area contributed by atoms with E-state index in [0.717, 1.165) is 27.8 Å². The lowest BCUT2D eigenvalue weighted by molar-refractivity contribution is 0.201. The highest BCUT2D eigenvalue weighted by Gasteiger charge is 2.17. The molecule has 0 spiro atoms. The van der Waals surface area contributed by atoms with E-state index in [1.807, 2.05) is 66.5 Å². The fourth-order valence-electron chi connectivity index (χ4n) is 3.10. The van der Waals surface area contributed by atoms with E-state index in [9.17, 15) is 5.11 Å². The van der Waals surface area contributed by atoms with Gasteiger partial charge in [-0.05, 0) is 6.92 Å². The van der Waals surface area contributed by atoms with Gasteiger partial charge in [0.15, 0.2) is 17.3 Å². The Balaban J connectivity index is 2.00. The zero-order valence-electron chi connectivity index (χ0n) is 14.2. The van der Waals surface area contributed by atoms with Crippen LogP contribution in [0.1, 0.15) is 6.92 Å². The van der Waals surface area contributed by atoms with Crippen LogP contribution in [0.15, 0.2) is 54.6 Å². The van der Waals surface area contributed by atoms with Gasteiger partial charge in [0.2, 0.25) is 0 Å². The van der Waals surface area contributed by atoms with Gasteiger partial charge in [-0.3, -0.25) is 0 Å². The highest BCUT2D eigenvalue weighted by atomic mass is 16.3. The molecule has 0 saturated heterocycles. The molecule has 2 heterocycles. The molecule has 126 valence electrons. The van der Waals surface area contributed by atoms with Gasteiger partial charge < -0.3 is 10.0 Å². The smallest absolute Gasteiger partial charge is 0.186 e. The van der Waals surface area contributed by atoms with Gasteiger partial charge in [0, 0.05) is 29.9 Å². The Morgan fingerprint density at radius 3 is 2.40 bits per heavy atom. The number of fused-ring (bicyclic) bond motifs is 3. The molecule has 0 aliphatic carbocycles. The maximum atomic E-state index is 9.76. The van der Waals surface area contributed by atoms with Crippen molar-refractivity contribution in [2.75, 3.05) is 18.5 Å². The van der Waals surface area contributed by atoms with Gasteiger partial charge in [-0.25, -0.2) is 0 Å². The molecule has 6 heteroatoms. The standard InChI is InChI=1S/C19H19N5O/c1-13(25)12-23(2)19-16-11-7-6-10-15(16)18-21-20-17(24(18)22-19)14-8-4-3-5-9-14/h3-11,13,25H,12H2,1-2H3. The number of benzene rings is 2. The van der Waals surface area contributed by atoms with Crippen molar-refractivity contribution in [2.24, 2.45) is 0 Å². The Morgan fingerprint density at radius 1 is 1.00 bits per heavy atom. The molecule has 0 fully saturated rings. The predicted octanol–water partition coefficient (Wildman–Crippen LogP) is 2.76. The highest BCUT2D eigenvalue weighted by Crippen LogP contribution is 2.29. The second kappa shape index (κ2) is 6.14. The number of nitrogens with zero attached hydrogens (tertiary/aromatic N) is 5. The fourth-order valence-corrected chi connectivity index (χ4v) is 3.10. The summed E-state index contributed by atoms with van der Waals surface area (Å²) in [6, 6.07) is 17.9. The van der Waals surface area contributed by atoms with Crippen LogP contribution in [0.25, 0.3) is 27.8 Å². The summed E-state index contributed by atoms with van der Waals surface area (Å²) in [5, 5.41) is 25.3. The maximum Gasteiger partial charge on any atom is 0.186 e. The van der Waals surface area contributed by atoms with Gasteiger partial charge in [-0.2, -0.15) is 4.52 Å². The van der Waals surface area contributed by atoms with Gasteiger partial charge >= 0.3 is 0 Å². The monoisotopic (exact) mass is 333 g/mol. The molecule has 0 saturated carbocycles. The minimum Gasteiger partial charge on any atom is -0.392 e. The molecule has 0 aliphatic heterocycles. The molecular formula is C19H19N5O. The minimum atomic E-state index is -0.448. The average molecular weight is 333 g/mol. The van der Waals surface area contributed by atoms with E-state index in [1.165, 1.54) is 0 Å². The first kappa shape index (κ1) is 15.5. The topological polar surface area (TPSA) is 66.5 Å². The molecule has 1 N–H and O–H groups in total. The third kappa shape index (κ3) is 2.70. The predicted molar refractivity (Wildman–Crippen MR) is 98.7 cm³/mol. The second-order valence-corrected chi connectivity index (χ2v) is 6.22. The van der Waals surface area contributed by atoms with Crippen LogP contribution >= 0.6 is 0 Å². The Kier molecular flexibility index (Phi) is 3.82. The number of rotatable bonds is 4. The van der Waals surface area contributed by atoms with Crippen molar-refractivity contribution in [3.05, 3.63) is 54.6 Å². The zero-order chi connectivity index (χ0) is 17.4. The average Bonchev–Trinajstić information content (AvgIpc) is 3.05. The number of aliphatic hydroxyl groups excluding tert-OH is 1. The Bertz CT molecular complexity index is 1030. The summed E-state index contributed by atoms with van der Waals surface area (Å²) in [4.78, 5) is 1.96. The number of anilines is 1. The molecule has 2 aromatic heterocycles. The first-order chi connectivity index (χ1) is 12.1. The number of hydrogen-bond donors (Lipinski definition) is 1. The Labute approximate surface area is 145 Å². The second-order valence-electron chi connectivity index (χ2n) is 6.22. The molecule has 6 nitrogen and oxygen atoms in total. The first-order valence-electron chi connectivity index (χ1n) is 8.24. The highest BCUT2D eigenvalue weighted by molar-refractivity contribution is 6.00. The summed E-state index contributed by atoms with van der Waals surface area (Å²) < 4.78 is 1.78. The summed E-state index contributed by atoms with van der Waals surface area (Å²) in [5.74, 6) is 1.49. The minimum absolute atomic E-state index is 0.448. The SMILES string of the molecule is CC(O)CN(C)c1nn2c(-c3ccccc3)nnc2c2ccccc12. The fraction of sp³-hybridized carbons (Fsp3) is 0.211. The maximum absolute atomic E-state index is 9.76. The summed E-state index contributed by atoms with van der Waals surface area (Å²) in [5.41, 5.74) is 1.69. The lowest BCUT2D eigenvalue weighted by atomic mass is 10.1. The van der Waals surface area contributed by atoms with E-state index in [0.29, 0.717) is 12.4 Å². The quantitative estimate of drug-likeness (QED) is 0.622. The van der Waals surface area contributed by atoms with Crippen molar-refractivity contribution in [1.82, 2.24) is 19.8 Å². The largest absolute Gasteiger partial charge is 0.392 e. The van der Waals surface area contributed by atoms with Crippen molar-refractivity contribution in [2.45, 2.75) is 13.0 Å². The van der Waals surface area contributed by atoms with Crippen molar-refractivity contribution >= 4 is 22.2 Å². The Hall–Kier alpha value is -2.99. The van der Waals surface area contributed by atoms with Crippen LogP contribution < -0.4 is 4.90 Å². The summed E-state index contributed by atoms with van der Waals surface area (Å²) >= 11 is 0. The molecule has 0 bridgehead atoms. The van der Waals surface area contributed by atoms with Crippen LogP contribution in [0.5, 0.6) is 0 Å². The third-order valence-electron chi connectivity index (χ3n) is 4.18. The number of hydrogen-bond acceptors (Lipinski definition) is 5. The molecule has 25 heavy (non-hydrogen) atoms. The number of aliphatic hydroxyl groups is 1. The van der Waals surface area contributed by atoms with E-state index in [2.05, 4.69) is 10.2 Å². The van der Waals surface area contributed by atoms with Crippen LogP contribution in [0, 0.1) is 0 Å². The lowest BCUT2D eigenvalue weighted by Gasteiger charge is -2.21. The van der Waals surface area contributed by atoms with Gasteiger partial charge in [-0.15, -0.1) is 15.3 Å². The molecule has 0 radical (unpaired) electrons. The summed E-state index contributed by atoms with van der Waals surface area (Å²) in [6.45, 7) is 2.26. The number of aromatic nitrogens is 4. The van der Waals surface area contributed by atoms with Crippen LogP contribution in [0.2, 0.25) is 0 Å². The van der Waals surface area contributed by atoms with Gasteiger partial charge in [0.1, 0.15) is 0 Å². The Morgan fingerprint density at radius 2 is 1.68 bits per heavy atom. The van der Waals surface area contributed by atoms with Crippen LogP contribution in [-0.4, -0.2) is 44.6 Å². The number of likely N-dealkylation sites (N-methyl/N-ethyl adjacent to an activating group) is 1.